The predicted molar refractivity (Wildman–Crippen MR) is 119 cm³/mol. The summed E-state index contributed by atoms with van der Waals surface area (Å²) in [6.45, 7) is 3.48. The van der Waals surface area contributed by atoms with Crippen LogP contribution in [0, 0.1) is 0 Å². The van der Waals surface area contributed by atoms with Crippen molar-refractivity contribution in [1.82, 2.24) is 19.9 Å². The summed E-state index contributed by atoms with van der Waals surface area (Å²) >= 11 is 9.77. The van der Waals surface area contributed by atoms with E-state index in [0.29, 0.717) is 5.15 Å². The average Bonchev–Trinajstić information content (AvgIpc) is 3.10. The third kappa shape index (κ3) is 3.32. The molecule has 0 amide bonds. The molecule has 6 heteroatoms. The van der Waals surface area contributed by atoms with Gasteiger partial charge in [-0.3, -0.25) is 4.90 Å². The van der Waals surface area contributed by atoms with Crippen LogP contribution in [0.4, 0.5) is 0 Å². The number of halogens is 2. The quantitative estimate of drug-likeness (QED) is 0.375. The van der Waals surface area contributed by atoms with E-state index in [1.54, 1.807) is 6.20 Å². The van der Waals surface area contributed by atoms with Gasteiger partial charge in [0.25, 0.3) is 0 Å². The van der Waals surface area contributed by atoms with Gasteiger partial charge in [0.1, 0.15) is 10.8 Å². The van der Waals surface area contributed by atoms with Gasteiger partial charge >= 0.3 is 0 Å². The van der Waals surface area contributed by atoms with E-state index >= 15 is 0 Å². The lowest BCUT2D eigenvalue weighted by Crippen LogP contribution is -2.28. The first-order valence-electron chi connectivity index (χ1n) is 9.62. The zero-order valence-corrected chi connectivity index (χ0v) is 17.7. The number of aromatic amines is 1. The molecule has 1 aliphatic rings. The molecular weight excluding hydrogens is 436 g/mol. The second kappa shape index (κ2) is 7.47. The number of benzene rings is 1. The molecule has 0 bridgehead atoms. The Hall–Kier alpha value is -1.95. The predicted octanol–water partition coefficient (Wildman–Crippen LogP) is 6.18. The second-order valence-electron chi connectivity index (χ2n) is 7.43. The van der Waals surface area contributed by atoms with E-state index in [9.17, 15) is 0 Å². The monoisotopic (exact) mass is 454 g/mol. The van der Waals surface area contributed by atoms with E-state index < -0.39 is 0 Å². The number of piperidine rings is 1. The van der Waals surface area contributed by atoms with Crippen LogP contribution in [-0.2, 0) is 6.54 Å². The number of aromatic nitrogens is 3. The van der Waals surface area contributed by atoms with Gasteiger partial charge in [0.2, 0.25) is 0 Å². The smallest absolute Gasteiger partial charge is 0.143 e. The zero-order chi connectivity index (χ0) is 19.1. The Bertz CT molecular complexity index is 1150. The molecule has 0 saturated carbocycles. The van der Waals surface area contributed by atoms with Crippen molar-refractivity contribution in [3.8, 4) is 11.1 Å². The molecule has 28 heavy (non-hydrogen) atoms. The zero-order valence-electron chi connectivity index (χ0n) is 15.4. The Labute approximate surface area is 177 Å². The molecule has 1 N–H and O–H groups in total. The Morgan fingerprint density at radius 1 is 1.00 bits per heavy atom. The molecule has 1 saturated heterocycles. The standard InChI is InChI=1S/C22H20BrClN4/c23-20-19-17-10-16(11-26-22(17)27-18(19)12-25-21(20)24)15-6-4-14(5-7-15)13-28-8-2-1-3-9-28/h4-7,10-12H,1-3,8-9,13H2,(H,26,27). The third-order valence-corrected chi connectivity index (χ3v) is 6.82. The van der Waals surface area contributed by atoms with E-state index in [1.165, 1.54) is 43.5 Å². The third-order valence-electron chi connectivity index (χ3n) is 5.53. The molecule has 0 aliphatic carbocycles. The highest BCUT2D eigenvalue weighted by atomic mass is 79.9. The van der Waals surface area contributed by atoms with Crippen LogP contribution < -0.4 is 0 Å². The van der Waals surface area contributed by atoms with Crippen molar-refractivity contribution < 1.29 is 0 Å². The van der Waals surface area contributed by atoms with Crippen LogP contribution in [0.25, 0.3) is 33.1 Å². The maximum absolute atomic E-state index is 6.20. The van der Waals surface area contributed by atoms with Crippen LogP contribution in [-0.4, -0.2) is 32.9 Å². The van der Waals surface area contributed by atoms with Gasteiger partial charge in [0.05, 0.1) is 16.2 Å². The van der Waals surface area contributed by atoms with Crippen molar-refractivity contribution >= 4 is 49.5 Å². The maximum Gasteiger partial charge on any atom is 0.143 e. The van der Waals surface area contributed by atoms with Gasteiger partial charge in [-0.05, 0) is 59.1 Å². The first-order valence-corrected chi connectivity index (χ1v) is 10.8. The molecule has 1 aliphatic heterocycles. The summed E-state index contributed by atoms with van der Waals surface area (Å²) in [5, 5.41) is 2.52. The summed E-state index contributed by atoms with van der Waals surface area (Å²) in [6.07, 6.45) is 7.68. The molecule has 142 valence electrons. The van der Waals surface area contributed by atoms with Gasteiger partial charge < -0.3 is 4.98 Å². The fourth-order valence-electron chi connectivity index (χ4n) is 4.04. The minimum absolute atomic E-state index is 0.459. The molecular formula is C22H20BrClN4. The van der Waals surface area contributed by atoms with Crippen LogP contribution in [0.1, 0.15) is 24.8 Å². The van der Waals surface area contributed by atoms with Gasteiger partial charge in [0.15, 0.2) is 0 Å². The fourth-order valence-corrected chi connectivity index (χ4v) is 4.71. The van der Waals surface area contributed by atoms with Crippen molar-refractivity contribution in [2.24, 2.45) is 0 Å². The normalized spacial score (nSPS) is 15.5. The number of pyridine rings is 2. The van der Waals surface area contributed by atoms with Crippen molar-refractivity contribution in [3.05, 3.63) is 57.9 Å². The molecule has 4 heterocycles. The van der Waals surface area contributed by atoms with Crippen molar-refractivity contribution in [1.29, 1.82) is 0 Å². The van der Waals surface area contributed by atoms with Crippen LogP contribution in [0.5, 0.6) is 0 Å². The molecule has 1 fully saturated rings. The summed E-state index contributed by atoms with van der Waals surface area (Å²) in [4.78, 5) is 14.7. The maximum atomic E-state index is 6.20. The van der Waals surface area contributed by atoms with E-state index in [2.05, 4.69) is 66.1 Å². The molecule has 0 unspecified atom stereocenters. The lowest BCUT2D eigenvalue weighted by molar-refractivity contribution is 0.221. The van der Waals surface area contributed by atoms with Gasteiger partial charge in [-0.1, -0.05) is 42.3 Å². The summed E-state index contributed by atoms with van der Waals surface area (Å²) in [5.74, 6) is 0. The highest BCUT2D eigenvalue weighted by Crippen LogP contribution is 2.35. The molecule has 0 radical (unpaired) electrons. The molecule has 4 nitrogen and oxygen atoms in total. The van der Waals surface area contributed by atoms with E-state index in [4.69, 9.17) is 11.6 Å². The van der Waals surface area contributed by atoms with Crippen LogP contribution in [0.15, 0.2) is 47.2 Å². The number of likely N-dealkylation sites (tertiary alicyclic amines) is 1. The van der Waals surface area contributed by atoms with Crippen molar-refractivity contribution in [3.63, 3.8) is 0 Å². The Kier molecular flexibility index (Phi) is 4.83. The minimum atomic E-state index is 0.459. The fraction of sp³-hybridized carbons (Fsp3) is 0.273. The average molecular weight is 456 g/mol. The number of hydrogen-bond donors (Lipinski definition) is 1. The van der Waals surface area contributed by atoms with Gasteiger partial charge in [0, 0.05) is 29.1 Å². The van der Waals surface area contributed by atoms with E-state index in [0.717, 1.165) is 38.5 Å². The Morgan fingerprint density at radius 2 is 1.79 bits per heavy atom. The molecule has 0 atom stereocenters. The summed E-state index contributed by atoms with van der Waals surface area (Å²) in [6, 6.07) is 11.0. The van der Waals surface area contributed by atoms with Gasteiger partial charge in [-0.2, -0.15) is 0 Å². The first-order chi connectivity index (χ1) is 13.7. The lowest BCUT2D eigenvalue weighted by atomic mass is 10.0. The Balaban J connectivity index is 1.48. The second-order valence-corrected chi connectivity index (χ2v) is 8.58. The molecule has 5 rings (SSSR count). The summed E-state index contributed by atoms with van der Waals surface area (Å²) in [7, 11) is 0. The molecule has 3 aromatic heterocycles. The largest absolute Gasteiger partial charge is 0.338 e. The van der Waals surface area contributed by atoms with Gasteiger partial charge in [-0.15, -0.1) is 0 Å². The summed E-state index contributed by atoms with van der Waals surface area (Å²) < 4.78 is 0.800. The topological polar surface area (TPSA) is 44.8 Å². The number of hydrogen-bond acceptors (Lipinski definition) is 3. The highest BCUT2D eigenvalue weighted by molar-refractivity contribution is 9.10. The first kappa shape index (κ1) is 18.1. The van der Waals surface area contributed by atoms with E-state index in [-0.39, 0.29) is 0 Å². The Morgan fingerprint density at radius 3 is 2.57 bits per heavy atom. The molecule has 0 spiro atoms. The number of nitrogens with one attached hydrogen (secondary N) is 1. The number of rotatable bonds is 3. The van der Waals surface area contributed by atoms with E-state index in [1.807, 2.05) is 6.20 Å². The number of nitrogens with zero attached hydrogens (tertiary/aromatic N) is 3. The molecule has 1 aromatic carbocycles. The van der Waals surface area contributed by atoms with Crippen LogP contribution in [0.3, 0.4) is 0 Å². The number of H-pyrrole nitrogens is 1. The highest BCUT2D eigenvalue weighted by Gasteiger charge is 2.14. The van der Waals surface area contributed by atoms with Crippen molar-refractivity contribution in [2.75, 3.05) is 13.1 Å². The lowest BCUT2D eigenvalue weighted by Gasteiger charge is -2.26. The SMILES string of the molecule is Clc1ncc2[nH]c3ncc(-c4ccc(CN5CCCCC5)cc4)cc3c2c1Br. The van der Waals surface area contributed by atoms with Gasteiger partial charge in [-0.25, -0.2) is 9.97 Å². The molecule has 4 aromatic rings. The number of fused-ring (bicyclic) bond motifs is 3. The summed E-state index contributed by atoms with van der Waals surface area (Å²) in [5.41, 5.74) is 5.39. The van der Waals surface area contributed by atoms with Crippen LogP contribution >= 0.6 is 27.5 Å². The van der Waals surface area contributed by atoms with Crippen LogP contribution in [0.2, 0.25) is 5.15 Å². The van der Waals surface area contributed by atoms with Crippen molar-refractivity contribution in [2.45, 2.75) is 25.8 Å². The minimum Gasteiger partial charge on any atom is -0.338 e.